The number of likely N-dealkylation sites (N-methyl/N-ethyl adjacent to an activating group) is 1. The van der Waals surface area contributed by atoms with Gasteiger partial charge in [-0.1, -0.05) is 30.3 Å². The maximum absolute atomic E-state index is 12.9. The second kappa shape index (κ2) is 9.57. The Balaban J connectivity index is 1.21. The van der Waals surface area contributed by atoms with Gasteiger partial charge in [-0.25, -0.2) is 0 Å². The van der Waals surface area contributed by atoms with E-state index in [1.807, 2.05) is 60.7 Å². The number of furan rings is 1. The molecule has 4 aromatic rings. The maximum atomic E-state index is 12.9. The SMILES string of the molecule is CN(CC(=O)Nc1ccc(N2CCOCC2)cc1)C(=O)Cc1coc2ccc3ccccc3c12. The van der Waals surface area contributed by atoms with Gasteiger partial charge in [0.15, 0.2) is 0 Å². The van der Waals surface area contributed by atoms with Crippen LogP contribution in [0.15, 0.2) is 71.3 Å². The Morgan fingerprint density at radius 2 is 1.76 bits per heavy atom. The van der Waals surface area contributed by atoms with E-state index in [2.05, 4.69) is 10.2 Å². The molecule has 1 fully saturated rings. The van der Waals surface area contributed by atoms with Crippen molar-refractivity contribution in [3.05, 3.63) is 72.5 Å². The van der Waals surface area contributed by atoms with Crippen LogP contribution in [0.4, 0.5) is 11.4 Å². The third-order valence-corrected chi connectivity index (χ3v) is 6.22. The van der Waals surface area contributed by atoms with Crippen molar-refractivity contribution < 1.29 is 18.7 Å². The van der Waals surface area contributed by atoms with E-state index < -0.39 is 0 Å². The van der Waals surface area contributed by atoms with E-state index in [9.17, 15) is 9.59 Å². The fourth-order valence-corrected chi connectivity index (χ4v) is 4.38. The number of benzene rings is 3. The molecule has 3 aromatic carbocycles. The van der Waals surface area contributed by atoms with E-state index in [0.717, 1.165) is 59.3 Å². The molecule has 7 nitrogen and oxygen atoms in total. The van der Waals surface area contributed by atoms with Gasteiger partial charge in [0.25, 0.3) is 0 Å². The standard InChI is InChI=1S/C27H27N3O4/c1-29(17-25(31)28-21-7-9-22(10-8-21)30-12-14-33-15-13-30)26(32)16-20-18-34-24-11-6-19-4-2-3-5-23(19)27(20)24/h2-11,18H,12-17H2,1H3,(H,28,31). The van der Waals surface area contributed by atoms with Crippen LogP contribution in [-0.4, -0.2) is 56.6 Å². The molecule has 1 saturated heterocycles. The first-order chi connectivity index (χ1) is 16.6. The Morgan fingerprint density at radius 3 is 2.56 bits per heavy atom. The molecule has 0 spiro atoms. The van der Waals surface area contributed by atoms with Crippen molar-refractivity contribution in [1.82, 2.24) is 4.90 Å². The van der Waals surface area contributed by atoms with Crippen molar-refractivity contribution in [2.75, 3.05) is 50.1 Å². The molecule has 1 aromatic heterocycles. The summed E-state index contributed by atoms with van der Waals surface area (Å²) in [5, 5.41) is 5.97. The summed E-state index contributed by atoms with van der Waals surface area (Å²) in [6, 6.07) is 19.7. The molecular weight excluding hydrogens is 430 g/mol. The van der Waals surface area contributed by atoms with Gasteiger partial charge < -0.3 is 24.3 Å². The van der Waals surface area contributed by atoms with Gasteiger partial charge in [0.2, 0.25) is 11.8 Å². The van der Waals surface area contributed by atoms with E-state index in [1.54, 1.807) is 13.3 Å². The van der Waals surface area contributed by atoms with Gasteiger partial charge in [0, 0.05) is 42.5 Å². The molecule has 0 saturated carbocycles. The summed E-state index contributed by atoms with van der Waals surface area (Å²) in [4.78, 5) is 29.1. The van der Waals surface area contributed by atoms with Crippen LogP contribution < -0.4 is 10.2 Å². The summed E-state index contributed by atoms with van der Waals surface area (Å²) in [5.74, 6) is -0.383. The lowest BCUT2D eigenvalue weighted by atomic mass is 10.0. The van der Waals surface area contributed by atoms with E-state index in [0.29, 0.717) is 5.69 Å². The Labute approximate surface area is 197 Å². The zero-order valence-electron chi connectivity index (χ0n) is 19.1. The Morgan fingerprint density at radius 1 is 1.00 bits per heavy atom. The molecule has 2 amide bonds. The fraction of sp³-hybridized carbons (Fsp3) is 0.259. The number of morpholine rings is 1. The van der Waals surface area contributed by atoms with Crippen LogP contribution in [0.1, 0.15) is 5.56 Å². The first kappa shape index (κ1) is 22.0. The van der Waals surface area contributed by atoms with Crippen molar-refractivity contribution in [2.45, 2.75) is 6.42 Å². The molecule has 0 aliphatic carbocycles. The smallest absolute Gasteiger partial charge is 0.243 e. The van der Waals surface area contributed by atoms with Crippen LogP contribution in [0.2, 0.25) is 0 Å². The summed E-state index contributed by atoms with van der Waals surface area (Å²) in [5.41, 5.74) is 3.38. The minimum absolute atomic E-state index is 0.0272. The predicted molar refractivity (Wildman–Crippen MR) is 133 cm³/mol. The van der Waals surface area contributed by atoms with Gasteiger partial charge in [-0.05, 0) is 41.1 Å². The van der Waals surface area contributed by atoms with Gasteiger partial charge in [-0.15, -0.1) is 0 Å². The number of fused-ring (bicyclic) bond motifs is 3. The highest BCUT2D eigenvalue weighted by Gasteiger charge is 2.18. The maximum Gasteiger partial charge on any atom is 0.243 e. The molecular formula is C27H27N3O4. The first-order valence-electron chi connectivity index (χ1n) is 11.4. The van der Waals surface area contributed by atoms with Gasteiger partial charge in [0.05, 0.1) is 32.4 Å². The number of rotatable bonds is 6. The number of carbonyl (C=O) groups excluding carboxylic acids is 2. The second-order valence-corrected chi connectivity index (χ2v) is 8.54. The highest BCUT2D eigenvalue weighted by molar-refractivity contribution is 6.08. The van der Waals surface area contributed by atoms with Crippen molar-refractivity contribution in [3.63, 3.8) is 0 Å². The molecule has 34 heavy (non-hydrogen) atoms. The fourth-order valence-electron chi connectivity index (χ4n) is 4.38. The number of anilines is 2. The number of amides is 2. The second-order valence-electron chi connectivity index (χ2n) is 8.54. The minimum Gasteiger partial charge on any atom is -0.464 e. The van der Waals surface area contributed by atoms with Crippen LogP contribution >= 0.6 is 0 Å². The van der Waals surface area contributed by atoms with Gasteiger partial charge in [0.1, 0.15) is 5.58 Å². The van der Waals surface area contributed by atoms with Gasteiger partial charge in [-0.3, -0.25) is 9.59 Å². The van der Waals surface area contributed by atoms with E-state index in [4.69, 9.17) is 9.15 Å². The van der Waals surface area contributed by atoms with Crippen LogP contribution in [0.25, 0.3) is 21.7 Å². The largest absolute Gasteiger partial charge is 0.464 e. The van der Waals surface area contributed by atoms with Crippen LogP contribution in [0.5, 0.6) is 0 Å². The topological polar surface area (TPSA) is 75.0 Å². The molecule has 0 unspecified atom stereocenters. The highest BCUT2D eigenvalue weighted by Crippen LogP contribution is 2.30. The van der Waals surface area contributed by atoms with E-state index >= 15 is 0 Å². The van der Waals surface area contributed by atoms with Crippen LogP contribution in [-0.2, 0) is 20.7 Å². The molecule has 0 bridgehead atoms. The Hall–Kier alpha value is -3.84. The molecule has 1 aliphatic heterocycles. The molecule has 7 heteroatoms. The summed E-state index contributed by atoms with van der Waals surface area (Å²) in [7, 11) is 1.64. The number of nitrogens with zero attached hydrogens (tertiary/aromatic N) is 2. The Kier molecular flexibility index (Phi) is 6.18. The average Bonchev–Trinajstić information content (AvgIpc) is 3.28. The van der Waals surface area contributed by atoms with E-state index in [1.165, 1.54) is 4.90 Å². The minimum atomic E-state index is -0.238. The van der Waals surface area contributed by atoms with Crippen LogP contribution in [0.3, 0.4) is 0 Å². The number of hydrogen-bond donors (Lipinski definition) is 1. The number of nitrogens with one attached hydrogen (secondary N) is 1. The quantitative estimate of drug-likeness (QED) is 0.473. The molecule has 5 rings (SSSR count). The van der Waals surface area contributed by atoms with Crippen molar-refractivity contribution >= 4 is 44.9 Å². The van der Waals surface area contributed by atoms with E-state index in [-0.39, 0.29) is 24.8 Å². The zero-order valence-corrected chi connectivity index (χ0v) is 19.1. The van der Waals surface area contributed by atoms with Crippen molar-refractivity contribution in [1.29, 1.82) is 0 Å². The summed E-state index contributed by atoms with van der Waals surface area (Å²) < 4.78 is 11.1. The normalized spacial score (nSPS) is 13.9. The molecule has 0 radical (unpaired) electrons. The number of carbonyl (C=O) groups is 2. The molecule has 174 valence electrons. The predicted octanol–water partition coefficient (Wildman–Crippen LogP) is 4.06. The molecule has 1 N–H and O–H groups in total. The lowest BCUT2D eigenvalue weighted by Crippen LogP contribution is -2.36. The molecule has 0 atom stereocenters. The van der Waals surface area contributed by atoms with Gasteiger partial charge in [-0.2, -0.15) is 0 Å². The number of ether oxygens (including phenoxy) is 1. The summed E-state index contributed by atoms with van der Waals surface area (Å²) >= 11 is 0. The number of hydrogen-bond acceptors (Lipinski definition) is 5. The van der Waals surface area contributed by atoms with Crippen LogP contribution in [0, 0.1) is 0 Å². The lowest BCUT2D eigenvalue weighted by Gasteiger charge is -2.28. The van der Waals surface area contributed by atoms with Crippen molar-refractivity contribution in [3.8, 4) is 0 Å². The zero-order chi connectivity index (χ0) is 23.5. The molecule has 2 heterocycles. The summed E-state index contributed by atoms with van der Waals surface area (Å²) in [6.45, 7) is 3.15. The van der Waals surface area contributed by atoms with Crippen molar-refractivity contribution in [2.24, 2.45) is 0 Å². The summed E-state index contributed by atoms with van der Waals surface area (Å²) in [6.07, 6.45) is 1.80. The Bertz CT molecular complexity index is 1320. The highest BCUT2D eigenvalue weighted by atomic mass is 16.5. The average molecular weight is 458 g/mol. The monoisotopic (exact) mass is 457 g/mol. The third-order valence-electron chi connectivity index (χ3n) is 6.22. The molecule has 1 aliphatic rings. The lowest BCUT2D eigenvalue weighted by molar-refractivity contribution is -0.132. The first-order valence-corrected chi connectivity index (χ1v) is 11.4. The van der Waals surface area contributed by atoms with Gasteiger partial charge >= 0.3 is 0 Å². The third kappa shape index (κ3) is 4.61.